The van der Waals surface area contributed by atoms with Crippen molar-refractivity contribution in [2.24, 2.45) is 5.92 Å². The van der Waals surface area contributed by atoms with E-state index in [1.54, 1.807) is 12.1 Å². The van der Waals surface area contributed by atoms with Crippen molar-refractivity contribution in [3.8, 4) is 0 Å². The Bertz CT molecular complexity index is 1630. The quantitative estimate of drug-likeness (QED) is 0.405. The third kappa shape index (κ3) is 6.56. The van der Waals surface area contributed by atoms with Crippen molar-refractivity contribution in [3.05, 3.63) is 64.1 Å². The number of H-pyrrole nitrogens is 1. The number of fused-ring (bicyclic) bond motifs is 2. The molecule has 4 amide bonds. The normalized spacial score (nSPS) is 20.9. The van der Waals surface area contributed by atoms with Crippen molar-refractivity contribution in [1.82, 2.24) is 24.6 Å². The first-order valence-corrected chi connectivity index (χ1v) is 17.0. The highest BCUT2D eigenvalue weighted by Gasteiger charge is 2.35. The first-order valence-electron chi connectivity index (χ1n) is 17.0. The van der Waals surface area contributed by atoms with E-state index in [4.69, 9.17) is 4.42 Å². The second-order valence-electron chi connectivity index (χ2n) is 13.4. The average Bonchev–Trinajstić information content (AvgIpc) is 3.47. The molecule has 11 nitrogen and oxygen atoms in total. The molecule has 1 atom stereocenters. The number of likely N-dealkylation sites (tertiary alicyclic amines) is 1. The maximum Gasteiger partial charge on any atom is 0.417 e. The fourth-order valence-corrected chi connectivity index (χ4v) is 7.94. The molecule has 1 aromatic heterocycles. The number of anilines is 1. The number of aromatic nitrogens is 1. The number of hydrogen-bond acceptors (Lipinski definition) is 6. The maximum absolute atomic E-state index is 14.1. The molecule has 11 heteroatoms. The lowest BCUT2D eigenvalue weighted by Crippen LogP contribution is -2.54. The number of urea groups is 1. The zero-order valence-corrected chi connectivity index (χ0v) is 26.4. The van der Waals surface area contributed by atoms with Crippen molar-refractivity contribution in [3.63, 3.8) is 0 Å². The third-order valence-corrected chi connectivity index (χ3v) is 10.6. The molecule has 0 bridgehead atoms. The van der Waals surface area contributed by atoms with Gasteiger partial charge in [-0.25, -0.2) is 9.59 Å². The van der Waals surface area contributed by atoms with Crippen LogP contribution in [-0.4, -0.2) is 93.8 Å². The largest absolute Gasteiger partial charge is 0.417 e. The van der Waals surface area contributed by atoms with Gasteiger partial charge in [0, 0.05) is 70.0 Å². The smallest absolute Gasteiger partial charge is 0.408 e. The van der Waals surface area contributed by atoms with Crippen LogP contribution in [0.4, 0.5) is 10.5 Å². The molecule has 1 aliphatic carbocycles. The summed E-state index contributed by atoms with van der Waals surface area (Å²) in [5, 5.41) is 3.00. The van der Waals surface area contributed by atoms with Crippen LogP contribution in [0.15, 0.2) is 51.7 Å². The lowest BCUT2D eigenvalue weighted by Gasteiger charge is -2.42. The molecular formula is C35H44N6O5. The molecular weight excluding hydrogens is 584 g/mol. The van der Waals surface area contributed by atoms with Gasteiger partial charge in [-0.15, -0.1) is 0 Å². The fourth-order valence-electron chi connectivity index (χ4n) is 7.94. The van der Waals surface area contributed by atoms with Crippen LogP contribution in [0.2, 0.25) is 0 Å². The van der Waals surface area contributed by atoms with Crippen molar-refractivity contribution >= 4 is 34.6 Å². The Morgan fingerprint density at radius 3 is 2.39 bits per heavy atom. The van der Waals surface area contributed by atoms with Crippen molar-refractivity contribution in [2.45, 2.75) is 76.4 Å². The molecule has 0 radical (unpaired) electrons. The van der Waals surface area contributed by atoms with Crippen LogP contribution in [0.5, 0.6) is 0 Å². The summed E-state index contributed by atoms with van der Waals surface area (Å²) in [6.45, 7) is 4.78. The van der Waals surface area contributed by atoms with Crippen molar-refractivity contribution < 1.29 is 18.8 Å². The van der Waals surface area contributed by atoms with E-state index in [1.807, 2.05) is 45.0 Å². The number of para-hydroxylation sites is 1. The number of benzene rings is 2. The van der Waals surface area contributed by atoms with E-state index in [0.29, 0.717) is 69.1 Å². The van der Waals surface area contributed by atoms with Crippen molar-refractivity contribution in [2.75, 3.05) is 44.6 Å². The molecule has 46 heavy (non-hydrogen) atoms. The van der Waals surface area contributed by atoms with Gasteiger partial charge in [0.05, 0.1) is 11.4 Å². The van der Waals surface area contributed by atoms with Gasteiger partial charge >= 0.3 is 11.8 Å². The molecule has 3 aromatic rings. The van der Waals surface area contributed by atoms with Gasteiger partial charge in [0.25, 0.3) is 0 Å². The van der Waals surface area contributed by atoms with E-state index >= 15 is 0 Å². The Hall–Kier alpha value is -4.12. The second kappa shape index (κ2) is 13.3. The minimum absolute atomic E-state index is 0.0193. The zero-order valence-electron chi connectivity index (χ0n) is 26.4. The number of piperidine rings is 1. The molecule has 4 aliphatic rings. The van der Waals surface area contributed by atoms with Crippen LogP contribution >= 0.6 is 0 Å². The van der Waals surface area contributed by atoms with E-state index in [9.17, 15) is 19.2 Å². The molecule has 2 aromatic carbocycles. The molecule has 1 unspecified atom stereocenters. The summed E-state index contributed by atoms with van der Waals surface area (Å²) in [7, 11) is 0. The summed E-state index contributed by atoms with van der Waals surface area (Å²) in [5.41, 5.74) is 3.88. The van der Waals surface area contributed by atoms with Gasteiger partial charge in [-0.3, -0.25) is 19.5 Å². The maximum atomic E-state index is 14.1. The van der Waals surface area contributed by atoms with E-state index < -0.39 is 11.7 Å². The van der Waals surface area contributed by atoms with Crippen LogP contribution < -0.4 is 11.1 Å². The minimum Gasteiger partial charge on any atom is -0.408 e. The number of aromatic amines is 1. The lowest BCUT2D eigenvalue weighted by atomic mass is 9.92. The number of rotatable bonds is 7. The number of hydrogen-bond donors (Lipinski definition) is 2. The standard InChI is InChI=1S/C35H44N6O5/c42-32(39-14-12-28(13-15-39)41-23-25-6-4-5-9-29(25)36-34(41)44)22-26(20-24-10-11-30-31(21-24)46-35(45)37-30)33(43)40-18-16-38(17-19-40)27-7-2-1-3-8-27/h4-6,9-11,21,26-28H,1-3,7-8,12-20,22-23H2,(H,36,44)(H,37,45). The van der Waals surface area contributed by atoms with Gasteiger partial charge in [-0.1, -0.05) is 43.5 Å². The Kier molecular flexibility index (Phi) is 8.84. The number of nitrogens with zero attached hydrogens (tertiary/aromatic N) is 4. The number of carbonyl (C=O) groups excluding carboxylic acids is 3. The lowest BCUT2D eigenvalue weighted by molar-refractivity contribution is -0.143. The first-order chi connectivity index (χ1) is 22.4. The average molecular weight is 629 g/mol. The predicted molar refractivity (Wildman–Crippen MR) is 174 cm³/mol. The summed E-state index contributed by atoms with van der Waals surface area (Å²) in [6.07, 6.45) is 8.30. The second-order valence-corrected chi connectivity index (χ2v) is 13.4. The highest BCUT2D eigenvalue weighted by atomic mass is 16.4. The number of nitrogens with one attached hydrogen (secondary N) is 2. The Labute approximate surface area is 268 Å². The van der Waals surface area contributed by atoms with Crippen LogP contribution in [0, 0.1) is 5.92 Å². The van der Waals surface area contributed by atoms with E-state index in [1.165, 1.54) is 32.1 Å². The van der Waals surface area contributed by atoms with Gasteiger partial charge in [-0.2, -0.15) is 0 Å². The van der Waals surface area contributed by atoms with E-state index in [-0.39, 0.29) is 30.3 Å². The Morgan fingerprint density at radius 1 is 0.848 bits per heavy atom. The van der Waals surface area contributed by atoms with Gasteiger partial charge in [0.1, 0.15) is 0 Å². The molecule has 3 fully saturated rings. The fraction of sp³-hybridized carbons (Fsp3) is 0.543. The van der Waals surface area contributed by atoms with Crippen LogP contribution in [0.1, 0.15) is 62.5 Å². The topological polar surface area (TPSA) is 122 Å². The van der Waals surface area contributed by atoms with Gasteiger partial charge in [-0.05, 0) is 61.4 Å². The molecule has 4 heterocycles. The summed E-state index contributed by atoms with van der Waals surface area (Å²) in [5.74, 6) is -1.04. The minimum atomic E-state index is -0.515. The van der Waals surface area contributed by atoms with Gasteiger partial charge in [0.15, 0.2) is 5.58 Å². The molecule has 3 aliphatic heterocycles. The number of amides is 4. The number of oxazole rings is 1. The highest BCUT2D eigenvalue weighted by Crippen LogP contribution is 2.29. The summed E-state index contributed by atoms with van der Waals surface area (Å²) >= 11 is 0. The van der Waals surface area contributed by atoms with Gasteiger partial charge < -0.3 is 24.4 Å². The van der Waals surface area contributed by atoms with Crippen LogP contribution in [0.3, 0.4) is 0 Å². The monoisotopic (exact) mass is 628 g/mol. The third-order valence-electron chi connectivity index (χ3n) is 10.6. The summed E-state index contributed by atoms with van der Waals surface area (Å²) in [6, 6.07) is 13.9. The molecule has 0 spiro atoms. The van der Waals surface area contributed by atoms with Gasteiger partial charge in [0.2, 0.25) is 11.8 Å². The zero-order chi connectivity index (χ0) is 31.6. The predicted octanol–water partition coefficient (Wildman–Crippen LogP) is 4.19. The summed E-state index contributed by atoms with van der Waals surface area (Å²) in [4.78, 5) is 63.4. The van der Waals surface area contributed by atoms with Crippen LogP contribution in [0.25, 0.3) is 11.1 Å². The number of carbonyl (C=O) groups is 3. The first kappa shape index (κ1) is 30.5. The van der Waals surface area contributed by atoms with Crippen molar-refractivity contribution in [1.29, 1.82) is 0 Å². The Morgan fingerprint density at radius 2 is 1.61 bits per heavy atom. The SMILES string of the molecule is O=C(CC(Cc1ccc2[nH]c(=O)oc2c1)C(=O)N1CCN(C2CCCCC2)CC1)N1CCC(N2Cc3ccccc3NC2=O)CC1. The van der Waals surface area contributed by atoms with E-state index in [2.05, 4.69) is 15.2 Å². The number of piperazine rings is 1. The molecule has 2 saturated heterocycles. The summed E-state index contributed by atoms with van der Waals surface area (Å²) < 4.78 is 5.28. The molecule has 2 N–H and O–H groups in total. The molecule has 1 saturated carbocycles. The molecule has 244 valence electrons. The molecule has 7 rings (SSSR count). The Balaban J connectivity index is 1.00. The highest BCUT2D eigenvalue weighted by molar-refractivity contribution is 5.92. The van der Waals surface area contributed by atoms with E-state index in [0.717, 1.165) is 29.9 Å². The van der Waals surface area contributed by atoms with Crippen LogP contribution in [-0.2, 0) is 22.6 Å².